The van der Waals surface area contributed by atoms with Crippen LogP contribution < -0.4 is 15.5 Å². The Morgan fingerprint density at radius 3 is 2.79 bits per heavy atom. The van der Waals surface area contributed by atoms with Crippen molar-refractivity contribution in [2.24, 2.45) is 0 Å². The molecule has 2 fully saturated rings. The van der Waals surface area contributed by atoms with Crippen molar-refractivity contribution in [1.29, 1.82) is 0 Å². The van der Waals surface area contributed by atoms with Crippen LogP contribution in [0.4, 0.5) is 5.82 Å². The summed E-state index contributed by atoms with van der Waals surface area (Å²) in [4.78, 5) is 34.4. The van der Waals surface area contributed by atoms with Crippen LogP contribution in [0, 0.1) is 0 Å². The second-order valence-corrected chi connectivity index (χ2v) is 6.42. The van der Waals surface area contributed by atoms with Crippen LogP contribution >= 0.6 is 0 Å². The fraction of sp³-hybridized carbons (Fsp3) is 0.625. The third kappa shape index (κ3) is 3.64. The maximum atomic E-state index is 12.5. The highest BCUT2D eigenvalue weighted by atomic mass is 16.5. The van der Waals surface area contributed by atoms with E-state index in [0.717, 1.165) is 12.8 Å². The second-order valence-electron chi connectivity index (χ2n) is 6.42. The van der Waals surface area contributed by atoms with Crippen LogP contribution in [0.25, 0.3) is 0 Å². The molecule has 0 aromatic carbocycles. The molecule has 0 radical (unpaired) electrons. The van der Waals surface area contributed by atoms with Gasteiger partial charge in [0, 0.05) is 27.1 Å². The summed E-state index contributed by atoms with van der Waals surface area (Å²) in [6.45, 7) is 0.704. The Morgan fingerprint density at radius 2 is 2.17 bits per heavy atom. The lowest BCUT2D eigenvalue weighted by Gasteiger charge is -2.35. The lowest BCUT2D eigenvalue weighted by Crippen LogP contribution is -2.60. The molecule has 2 saturated heterocycles. The summed E-state index contributed by atoms with van der Waals surface area (Å²) in [5, 5.41) is 5.95. The Balaban J connectivity index is 1.68. The fourth-order valence-electron chi connectivity index (χ4n) is 3.14. The standard InChI is InChI=1S/C16H23N5O3/c1-21(2)13-9-17-11(8-18-13)16(23)19-10-5-6-14(22)20-15(10)12-4-3-7-24-12/h8-10,12,15H,3-7H2,1-2H3,(H,19,23)(H,20,22)/t10-,12+,15+/m1/s1. The summed E-state index contributed by atoms with van der Waals surface area (Å²) >= 11 is 0. The van der Waals surface area contributed by atoms with E-state index in [9.17, 15) is 9.59 Å². The van der Waals surface area contributed by atoms with E-state index in [2.05, 4.69) is 20.6 Å². The molecule has 130 valence electrons. The van der Waals surface area contributed by atoms with E-state index >= 15 is 0 Å². The molecule has 8 nitrogen and oxygen atoms in total. The van der Waals surface area contributed by atoms with Gasteiger partial charge in [0.1, 0.15) is 11.5 Å². The van der Waals surface area contributed by atoms with Crippen LogP contribution in [0.2, 0.25) is 0 Å². The number of piperidine rings is 1. The molecule has 8 heteroatoms. The van der Waals surface area contributed by atoms with Gasteiger partial charge < -0.3 is 20.3 Å². The van der Waals surface area contributed by atoms with Crippen LogP contribution in [0.3, 0.4) is 0 Å². The predicted molar refractivity (Wildman–Crippen MR) is 87.8 cm³/mol. The average Bonchev–Trinajstić information content (AvgIpc) is 3.11. The van der Waals surface area contributed by atoms with Crippen LogP contribution in [-0.4, -0.2) is 60.7 Å². The predicted octanol–water partition coefficient (Wildman–Crippen LogP) is 0.0986. The van der Waals surface area contributed by atoms with Crippen molar-refractivity contribution in [3.8, 4) is 0 Å². The number of hydrogen-bond acceptors (Lipinski definition) is 6. The molecule has 24 heavy (non-hydrogen) atoms. The van der Waals surface area contributed by atoms with Crippen molar-refractivity contribution in [1.82, 2.24) is 20.6 Å². The van der Waals surface area contributed by atoms with Crippen molar-refractivity contribution in [3.63, 3.8) is 0 Å². The van der Waals surface area contributed by atoms with Gasteiger partial charge in [-0.25, -0.2) is 9.97 Å². The first-order valence-corrected chi connectivity index (χ1v) is 8.26. The van der Waals surface area contributed by atoms with Gasteiger partial charge in [0.05, 0.1) is 30.6 Å². The van der Waals surface area contributed by atoms with Crippen molar-refractivity contribution in [3.05, 3.63) is 18.1 Å². The van der Waals surface area contributed by atoms with Gasteiger partial charge in [-0.3, -0.25) is 9.59 Å². The van der Waals surface area contributed by atoms with Crippen LogP contribution in [0.1, 0.15) is 36.2 Å². The molecule has 0 saturated carbocycles. The third-order valence-corrected chi connectivity index (χ3v) is 4.45. The number of rotatable bonds is 4. The van der Waals surface area contributed by atoms with Crippen LogP contribution in [0.5, 0.6) is 0 Å². The van der Waals surface area contributed by atoms with Crippen LogP contribution in [-0.2, 0) is 9.53 Å². The first kappa shape index (κ1) is 16.6. The highest BCUT2D eigenvalue weighted by Crippen LogP contribution is 2.22. The minimum absolute atomic E-state index is 0.0103. The molecular weight excluding hydrogens is 310 g/mol. The van der Waals surface area contributed by atoms with Gasteiger partial charge in [-0.15, -0.1) is 0 Å². The molecule has 1 aromatic heterocycles. The largest absolute Gasteiger partial charge is 0.376 e. The van der Waals surface area contributed by atoms with E-state index in [-0.39, 0.29) is 35.7 Å². The zero-order valence-corrected chi connectivity index (χ0v) is 14.0. The molecule has 2 aliphatic rings. The Morgan fingerprint density at radius 1 is 1.33 bits per heavy atom. The monoisotopic (exact) mass is 333 g/mol. The van der Waals surface area contributed by atoms with Crippen molar-refractivity contribution >= 4 is 17.6 Å². The molecule has 3 rings (SSSR count). The molecule has 3 heterocycles. The number of nitrogens with zero attached hydrogens (tertiary/aromatic N) is 3. The number of amides is 2. The Hall–Kier alpha value is -2.22. The third-order valence-electron chi connectivity index (χ3n) is 4.45. The fourth-order valence-corrected chi connectivity index (χ4v) is 3.14. The minimum Gasteiger partial charge on any atom is -0.376 e. The second kappa shape index (κ2) is 7.12. The number of hydrogen-bond donors (Lipinski definition) is 2. The molecule has 0 spiro atoms. The average molecular weight is 333 g/mol. The van der Waals surface area contributed by atoms with Crippen LogP contribution in [0.15, 0.2) is 12.4 Å². The maximum absolute atomic E-state index is 12.5. The van der Waals surface area contributed by atoms with Gasteiger partial charge in [0.2, 0.25) is 5.91 Å². The molecule has 3 atom stereocenters. The van der Waals surface area contributed by atoms with Crippen molar-refractivity contribution < 1.29 is 14.3 Å². The quantitative estimate of drug-likeness (QED) is 0.811. The number of nitrogens with one attached hydrogen (secondary N) is 2. The summed E-state index contributed by atoms with van der Waals surface area (Å²) in [6, 6.07) is -0.347. The highest BCUT2D eigenvalue weighted by molar-refractivity contribution is 5.92. The summed E-state index contributed by atoms with van der Waals surface area (Å²) in [5.41, 5.74) is 0.267. The first-order valence-electron chi connectivity index (χ1n) is 8.26. The first-order chi connectivity index (χ1) is 11.5. The zero-order chi connectivity index (χ0) is 17.1. The summed E-state index contributed by atoms with van der Waals surface area (Å²) in [5.74, 6) is 0.418. The van der Waals surface area contributed by atoms with Gasteiger partial charge in [-0.1, -0.05) is 0 Å². The SMILES string of the molecule is CN(C)c1cnc(C(=O)N[C@@H]2CCC(=O)N[C@@H]2[C@@H]2CCCO2)cn1. The number of ether oxygens (including phenoxy) is 1. The number of anilines is 1. The normalized spacial score (nSPS) is 26.8. The zero-order valence-electron chi connectivity index (χ0n) is 14.0. The van der Waals surface area contributed by atoms with Gasteiger partial charge in [0.15, 0.2) is 0 Å². The van der Waals surface area contributed by atoms with Gasteiger partial charge >= 0.3 is 0 Å². The summed E-state index contributed by atoms with van der Waals surface area (Å²) in [7, 11) is 3.72. The Bertz CT molecular complexity index is 598. The van der Waals surface area contributed by atoms with Gasteiger partial charge in [-0.2, -0.15) is 0 Å². The van der Waals surface area contributed by atoms with E-state index in [1.807, 2.05) is 19.0 Å². The van der Waals surface area contributed by atoms with Gasteiger partial charge in [0.25, 0.3) is 5.91 Å². The van der Waals surface area contributed by atoms with Crippen molar-refractivity contribution in [2.75, 3.05) is 25.6 Å². The minimum atomic E-state index is -0.281. The number of carbonyl (C=O) groups excluding carboxylic acids is 2. The Kier molecular flexibility index (Phi) is 4.94. The van der Waals surface area contributed by atoms with E-state index in [1.165, 1.54) is 6.20 Å². The van der Waals surface area contributed by atoms with E-state index in [0.29, 0.717) is 25.3 Å². The van der Waals surface area contributed by atoms with E-state index in [4.69, 9.17) is 4.74 Å². The number of carbonyl (C=O) groups is 2. The molecule has 1 aromatic rings. The van der Waals surface area contributed by atoms with Crippen molar-refractivity contribution in [2.45, 2.75) is 43.9 Å². The molecule has 2 N–H and O–H groups in total. The van der Waals surface area contributed by atoms with E-state index < -0.39 is 0 Å². The van der Waals surface area contributed by atoms with E-state index in [1.54, 1.807) is 6.20 Å². The summed E-state index contributed by atoms with van der Waals surface area (Å²) in [6.07, 6.45) is 5.87. The maximum Gasteiger partial charge on any atom is 0.271 e. The lowest BCUT2D eigenvalue weighted by atomic mass is 9.92. The van der Waals surface area contributed by atoms with Gasteiger partial charge in [-0.05, 0) is 19.3 Å². The summed E-state index contributed by atoms with van der Waals surface area (Å²) < 4.78 is 5.70. The molecule has 2 amide bonds. The topological polar surface area (TPSA) is 96.5 Å². The highest BCUT2D eigenvalue weighted by Gasteiger charge is 2.37. The molecular formula is C16H23N5O3. The Labute approximate surface area is 141 Å². The molecule has 0 aliphatic carbocycles. The molecule has 0 unspecified atom stereocenters. The number of aromatic nitrogens is 2. The molecule has 0 bridgehead atoms. The lowest BCUT2D eigenvalue weighted by molar-refractivity contribution is -0.125. The smallest absolute Gasteiger partial charge is 0.271 e. The molecule has 2 aliphatic heterocycles.